The Hall–Kier alpha value is -1.33. The summed E-state index contributed by atoms with van der Waals surface area (Å²) in [5.74, 6) is 1.30. The lowest BCUT2D eigenvalue weighted by molar-refractivity contribution is 0.304. The summed E-state index contributed by atoms with van der Waals surface area (Å²) in [6.45, 7) is 2.90. The van der Waals surface area contributed by atoms with Crippen LogP contribution in [0.1, 0.15) is 17.5 Å². The van der Waals surface area contributed by atoms with Gasteiger partial charge in [-0.15, -0.1) is 16.7 Å². The van der Waals surface area contributed by atoms with Gasteiger partial charge in [0.15, 0.2) is 5.01 Å². The molecule has 2 rings (SSSR count). The Morgan fingerprint density at radius 3 is 2.61 bits per heavy atom. The van der Waals surface area contributed by atoms with Crippen LogP contribution in [0.5, 0.6) is 10.9 Å². The lowest BCUT2D eigenvalue weighted by Crippen LogP contribution is -1.94. The lowest BCUT2D eigenvalue weighted by atomic mass is 10.2. The lowest BCUT2D eigenvalue weighted by Gasteiger charge is -2.03. The number of nitrogens with zero attached hydrogens (tertiary/aromatic N) is 2. The van der Waals surface area contributed by atoms with Crippen LogP contribution in [-0.4, -0.2) is 16.8 Å². The van der Waals surface area contributed by atoms with E-state index in [1.54, 1.807) is 0 Å². The minimum atomic E-state index is 0.394. The number of alkyl halides is 1. The van der Waals surface area contributed by atoms with Crippen molar-refractivity contribution in [3.05, 3.63) is 34.8 Å². The quantitative estimate of drug-likeness (QED) is 0.764. The maximum absolute atomic E-state index is 5.71. The van der Waals surface area contributed by atoms with E-state index in [-0.39, 0.29) is 0 Å². The first-order chi connectivity index (χ1) is 8.81. The van der Waals surface area contributed by atoms with Gasteiger partial charge in [-0.25, -0.2) is 0 Å². The zero-order valence-electron chi connectivity index (χ0n) is 9.93. The number of hydrogen-bond acceptors (Lipinski definition) is 5. The fourth-order valence-electron chi connectivity index (χ4n) is 1.30. The second-order valence-electron chi connectivity index (χ2n) is 3.46. The Kier molecular flexibility index (Phi) is 4.78. The average Bonchev–Trinajstić information content (AvgIpc) is 2.85. The summed E-state index contributed by atoms with van der Waals surface area (Å²) in [6.07, 6.45) is 0. The molecule has 0 aliphatic heterocycles. The van der Waals surface area contributed by atoms with Crippen LogP contribution in [0.3, 0.4) is 0 Å². The highest BCUT2D eigenvalue weighted by Gasteiger charge is 2.05. The van der Waals surface area contributed by atoms with Gasteiger partial charge < -0.3 is 9.47 Å². The Bertz CT molecular complexity index is 487. The number of ether oxygens (including phenoxy) is 2. The Morgan fingerprint density at radius 2 is 1.94 bits per heavy atom. The summed E-state index contributed by atoms with van der Waals surface area (Å²) in [4.78, 5) is 0. The number of benzene rings is 1. The van der Waals surface area contributed by atoms with Gasteiger partial charge in [0.2, 0.25) is 0 Å². The molecule has 0 amide bonds. The van der Waals surface area contributed by atoms with Crippen molar-refractivity contribution in [2.45, 2.75) is 19.4 Å². The molecule has 0 radical (unpaired) electrons. The van der Waals surface area contributed by atoms with Gasteiger partial charge in [0.25, 0.3) is 5.19 Å². The van der Waals surface area contributed by atoms with Gasteiger partial charge in [0.1, 0.15) is 12.4 Å². The molecule has 0 aliphatic carbocycles. The number of rotatable bonds is 6. The molecule has 96 valence electrons. The van der Waals surface area contributed by atoms with Crippen LogP contribution < -0.4 is 9.47 Å². The monoisotopic (exact) mass is 284 g/mol. The van der Waals surface area contributed by atoms with E-state index in [9.17, 15) is 0 Å². The highest BCUT2D eigenvalue weighted by molar-refractivity contribution is 7.13. The first kappa shape index (κ1) is 13.1. The predicted octanol–water partition coefficient (Wildman–Crippen LogP) is 3.25. The van der Waals surface area contributed by atoms with Crippen molar-refractivity contribution in [2.24, 2.45) is 0 Å². The maximum Gasteiger partial charge on any atom is 0.294 e. The van der Waals surface area contributed by atoms with Crippen molar-refractivity contribution < 1.29 is 9.47 Å². The van der Waals surface area contributed by atoms with Gasteiger partial charge in [-0.1, -0.05) is 28.6 Å². The standard InChI is InChI=1S/C12H13ClN2O2S/c1-2-16-12-15-14-11(18-12)8-17-10-5-3-9(7-13)4-6-10/h3-6H,2,7-8H2,1H3. The van der Waals surface area contributed by atoms with Crippen molar-refractivity contribution >= 4 is 22.9 Å². The molecule has 0 aliphatic rings. The molecule has 0 unspecified atom stereocenters. The molecule has 1 aromatic carbocycles. The Labute approximate surface area is 115 Å². The molecule has 4 nitrogen and oxygen atoms in total. The summed E-state index contributed by atoms with van der Waals surface area (Å²) >= 11 is 7.11. The van der Waals surface area contributed by atoms with E-state index >= 15 is 0 Å². The summed E-state index contributed by atoms with van der Waals surface area (Å²) in [7, 11) is 0. The largest absolute Gasteiger partial charge is 0.486 e. The molecule has 18 heavy (non-hydrogen) atoms. The van der Waals surface area contributed by atoms with Gasteiger partial charge in [0.05, 0.1) is 6.61 Å². The van der Waals surface area contributed by atoms with Gasteiger partial charge in [-0.2, -0.15) is 0 Å². The van der Waals surface area contributed by atoms with Crippen LogP contribution in [0, 0.1) is 0 Å². The summed E-state index contributed by atoms with van der Waals surface area (Å²) in [5.41, 5.74) is 1.07. The van der Waals surface area contributed by atoms with E-state index < -0.39 is 0 Å². The molecule has 6 heteroatoms. The van der Waals surface area contributed by atoms with Crippen LogP contribution >= 0.6 is 22.9 Å². The third kappa shape index (κ3) is 3.58. The molecule has 0 saturated heterocycles. The minimum Gasteiger partial charge on any atom is -0.486 e. The SMILES string of the molecule is CCOc1nnc(COc2ccc(CCl)cc2)s1. The zero-order chi connectivity index (χ0) is 12.8. The summed E-state index contributed by atoms with van der Waals surface area (Å²) in [5, 5.41) is 9.24. The average molecular weight is 285 g/mol. The van der Waals surface area contributed by atoms with Gasteiger partial charge >= 0.3 is 0 Å². The van der Waals surface area contributed by atoms with Crippen LogP contribution in [0.15, 0.2) is 24.3 Å². The highest BCUT2D eigenvalue weighted by atomic mass is 35.5. The van der Waals surface area contributed by atoms with E-state index in [4.69, 9.17) is 21.1 Å². The van der Waals surface area contributed by atoms with Gasteiger partial charge in [0, 0.05) is 5.88 Å². The van der Waals surface area contributed by atoms with E-state index in [1.165, 1.54) is 11.3 Å². The van der Waals surface area contributed by atoms with Crippen molar-refractivity contribution in [3.8, 4) is 10.9 Å². The second kappa shape index (κ2) is 6.56. The fraction of sp³-hybridized carbons (Fsp3) is 0.333. The molecule has 1 aromatic heterocycles. The molecule has 0 N–H and O–H groups in total. The third-order valence-corrected chi connectivity index (χ3v) is 3.27. The number of hydrogen-bond donors (Lipinski definition) is 0. The third-order valence-electron chi connectivity index (χ3n) is 2.16. The first-order valence-corrected chi connectivity index (χ1v) is 6.89. The Balaban J connectivity index is 1.89. The highest BCUT2D eigenvalue weighted by Crippen LogP contribution is 2.20. The van der Waals surface area contributed by atoms with E-state index in [0.29, 0.717) is 24.3 Å². The van der Waals surface area contributed by atoms with E-state index in [1.807, 2.05) is 31.2 Å². The smallest absolute Gasteiger partial charge is 0.294 e. The molecule has 0 bridgehead atoms. The van der Waals surface area contributed by atoms with Crippen LogP contribution in [0.4, 0.5) is 0 Å². The zero-order valence-corrected chi connectivity index (χ0v) is 11.5. The molecule has 1 heterocycles. The van der Waals surface area contributed by atoms with Gasteiger partial charge in [-0.05, 0) is 24.6 Å². The second-order valence-corrected chi connectivity index (χ2v) is 4.75. The Morgan fingerprint density at radius 1 is 1.17 bits per heavy atom. The van der Waals surface area contributed by atoms with Crippen LogP contribution in [-0.2, 0) is 12.5 Å². The van der Waals surface area contributed by atoms with Crippen LogP contribution in [0.2, 0.25) is 0 Å². The predicted molar refractivity (Wildman–Crippen MR) is 71.4 cm³/mol. The number of aromatic nitrogens is 2. The normalized spacial score (nSPS) is 10.3. The fourth-order valence-corrected chi connectivity index (χ4v) is 2.14. The molecule has 0 fully saturated rings. The van der Waals surface area contributed by atoms with Crippen molar-refractivity contribution in [1.82, 2.24) is 10.2 Å². The topological polar surface area (TPSA) is 44.2 Å². The van der Waals surface area contributed by atoms with Crippen molar-refractivity contribution in [1.29, 1.82) is 0 Å². The van der Waals surface area contributed by atoms with E-state index in [0.717, 1.165) is 16.3 Å². The van der Waals surface area contributed by atoms with E-state index in [2.05, 4.69) is 10.2 Å². The number of halogens is 1. The first-order valence-electron chi connectivity index (χ1n) is 5.54. The molecule has 0 atom stereocenters. The molecule has 0 saturated carbocycles. The van der Waals surface area contributed by atoms with Crippen molar-refractivity contribution in [3.63, 3.8) is 0 Å². The molecular weight excluding hydrogens is 272 g/mol. The van der Waals surface area contributed by atoms with Crippen LogP contribution in [0.25, 0.3) is 0 Å². The maximum atomic E-state index is 5.71. The molecule has 2 aromatic rings. The summed E-state index contributed by atoms with van der Waals surface area (Å²) < 4.78 is 10.8. The van der Waals surface area contributed by atoms with Crippen molar-refractivity contribution in [2.75, 3.05) is 6.61 Å². The molecular formula is C12H13ClN2O2S. The van der Waals surface area contributed by atoms with Gasteiger partial charge in [-0.3, -0.25) is 0 Å². The summed E-state index contributed by atoms with van der Waals surface area (Å²) in [6, 6.07) is 7.66. The minimum absolute atomic E-state index is 0.394. The molecule has 0 spiro atoms.